The molecule has 0 radical (unpaired) electrons. The molecule has 2 amide bonds. The standard InChI is InChI=1S/C21H31N3O5S/c1-29-19-8-6-16(7-9-19)23(12-10-20(22)25)14-21(26)24(17-4-2-3-5-17)18-11-13-30(27,28)15-18/h6-9,17-18H,2-5,10-15H2,1H3,(H2,22,25)/t18-/m0/s1. The maximum atomic E-state index is 13.4. The van der Waals surface area contributed by atoms with Crippen LogP contribution in [0.4, 0.5) is 5.69 Å². The van der Waals surface area contributed by atoms with Crippen molar-refractivity contribution in [2.24, 2.45) is 5.73 Å². The van der Waals surface area contributed by atoms with E-state index in [1.165, 1.54) is 0 Å². The number of anilines is 1. The molecule has 30 heavy (non-hydrogen) atoms. The number of rotatable bonds is 9. The molecule has 2 aliphatic rings. The molecule has 1 heterocycles. The number of hydrogen-bond donors (Lipinski definition) is 1. The van der Waals surface area contributed by atoms with E-state index in [9.17, 15) is 18.0 Å². The molecule has 1 aliphatic carbocycles. The van der Waals surface area contributed by atoms with E-state index < -0.39 is 15.7 Å². The lowest BCUT2D eigenvalue weighted by atomic mass is 10.1. The molecule has 2 fully saturated rings. The van der Waals surface area contributed by atoms with Gasteiger partial charge < -0.3 is 20.3 Å². The van der Waals surface area contributed by atoms with Crippen LogP contribution < -0.4 is 15.4 Å². The number of amides is 2. The molecule has 1 aliphatic heterocycles. The molecule has 0 unspecified atom stereocenters. The van der Waals surface area contributed by atoms with E-state index in [1.54, 1.807) is 19.2 Å². The zero-order valence-corrected chi connectivity index (χ0v) is 18.3. The molecular weight excluding hydrogens is 406 g/mol. The maximum Gasteiger partial charge on any atom is 0.242 e. The SMILES string of the molecule is COc1ccc(N(CCC(N)=O)CC(=O)N(C2CCCC2)[C@H]2CCS(=O)(=O)C2)cc1. The van der Waals surface area contributed by atoms with Crippen LogP contribution in [0.2, 0.25) is 0 Å². The van der Waals surface area contributed by atoms with Crippen molar-refractivity contribution in [1.29, 1.82) is 0 Å². The zero-order chi connectivity index (χ0) is 21.7. The first kappa shape index (κ1) is 22.4. The lowest BCUT2D eigenvalue weighted by Crippen LogP contribution is -2.51. The second-order valence-electron chi connectivity index (χ2n) is 8.13. The second-order valence-corrected chi connectivity index (χ2v) is 10.4. The van der Waals surface area contributed by atoms with Crippen LogP contribution in [0.3, 0.4) is 0 Å². The third kappa shape index (κ3) is 5.65. The van der Waals surface area contributed by atoms with E-state index in [2.05, 4.69) is 0 Å². The Balaban J connectivity index is 1.80. The van der Waals surface area contributed by atoms with Crippen LogP contribution in [-0.4, -0.2) is 68.9 Å². The molecule has 9 heteroatoms. The Morgan fingerprint density at radius 2 is 1.77 bits per heavy atom. The summed E-state index contributed by atoms with van der Waals surface area (Å²) in [7, 11) is -1.51. The third-order valence-corrected chi connectivity index (χ3v) is 7.75. The van der Waals surface area contributed by atoms with Crippen LogP contribution in [-0.2, 0) is 19.4 Å². The average Bonchev–Trinajstić information content (AvgIpc) is 3.35. The summed E-state index contributed by atoms with van der Waals surface area (Å²) in [6, 6.07) is 7.11. The van der Waals surface area contributed by atoms with Crippen molar-refractivity contribution in [2.75, 3.05) is 36.6 Å². The number of carbonyl (C=O) groups is 2. The Labute approximate surface area is 178 Å². The number of nitrogens with zero attached hydrogens (tertiary/aromatic N) is 2. The zero-order valence-electron chi connectivity index (χ0n) is 17.5. The Morgan fingerprint density at radius 3 is 2.30 bits per heavy atom. The van der Waals surface area contributed by atoms with Crippen molar-refractivity contribution in [1.82, 2.24) is 4.90 Å². The molecule has 0 aromatic heterocycles. The van der Waals surface area contributed by atoms with Crippen LogP contribution in [0.15, 0.2) is 24.3 Å². The second kappa shape index (κ2) is 9.68. The number of nitrogens with two attached hydrogens (primary N) is 1. The number of methoxy groups -OCH3 is 1. The Hall–Kier alpha value is -2.29. The number of ether oxygens (including phenoxy) is 1. The van der Waals surface area contributed by atoms with Crippen molar-refractivity contribution in [2.45, 2.75) is 50.6 Å². The van der Waals surface area contributed by atoms with Crippen LogP contribution in [0.25, 0.3) is 0 Å². The summed E-state index contributed by atoms with van der Waals surface area (Å²) in [5, 5.41) is 0. The third-order valence-electron chi connectivity index (χ3n) is 6.00. The minimum Gasteiger partial charge on any atom is -0.497 e. The number of benzene rings is 1. The maximum absolute atomic E-state index is 13.4. The molecule has 1 aromatic rings. The molecule has 1 atom stereocenters. The number of carbonyl (C=O) groups excluding carboxylic acids is 2. The summed E-state index contributed by atoms with van der Waals surface area (Å²) >= 11 is 0. The fourth-order valence-electron chi connectivity index (χ4n) is 4.47. The van der Waals surface area contributed by atoms with Gasteiger partial charge >= 0.3 is 0 Å². The van der Waals surface area contributed by atoms with Gasteiger partial charge in [0.1, 0.15) is 5.75 Å². The summed E-state index contributed by atoms with van der Waals surface area (Å²) < 4.78 is 29.3. The van der Waals surface area contributed by atoms with E-state index in [0.717, 1.165) is 31.4 Å². The van der Waals surface area contributed by atoms with Crippen molar-refractivity contribution in [3.05, 3.63) is 24.3 Å². The van der Waals surface area contributed by atoms with Crippen molar-refractivity contribution >= 4 is 27.3 Å². The highest BCUT2D eigenvalue weighted by molar-refractivity contribution is 7.91. The minimum atomic E-state index is -3.10. The Kier molecular flexibility index (Phi) is 7.23. The first-order valence-corrected chi connectivity index (χ1v) is 12.3. The summed E-state index contributed by atoms with van der Waals surface area (Å²) in [4.78, 5) is 28.4. The first-order valence-electron chi connectivity index (χ1n) is 10.5. The largest absolute Gasteiger partial charge is 0.497 e. The molecule has 0 bridgehead atoms. The molecule has 1 saturated heterocycles. The van der Waals surface area contributed by atoms with Crippen molar-refractivity contribution < 1.29 is 22.7 Å². The average molecular weight is 438 g/mol. The lowest BCUT2D eigenvalue weighted by Gasteiger charge is -2.36. The molecule has 0 spiro atoms. The highest BCUT2D eigenvalue weighted by atomic mass is 32.2. The van der Waals surface area contributed by atoms with Gasteiger partial charge in [0.25, 0.3) is 0 Å². The fourth-order valence-corrected chi connectivity index (χ4v) is 6.18. The highest BCUT2D eigenvalue weighted by Gasteiger charge is 2.39. The summed E-state index contributed by atoms with van der Waals surface area (Å²) in [5.74, 6) is 0.348. The van der Waals surface area contributed by atoms with Crippen LogP contribution in [0.5, 0.6) is 5.75 Å². The molecule has 1 saturated carbocycles. The normalized spacial score (nSPS) is 20.8. The van der Waals surface area contributed by atoms with Gasteiger partial charge in [0, 0.05) is 30.7 Å². The molecule has 2 N–H and O–H groups in total. The number of hydrogen-bond acceptors (Lipinski definition) is 6. The van der Waals surface area contributed by atoms with Crippen molar-refractivity contribution in [3.8, 4) is 5.75 Å². The minimum absolute atomic E-state index is 0.0407. The highest BCUT2D eigenvalue weighted by Crippen LogP contribution is 2.30. The molecule has 166 valence electrons. The molecule has 8 nitrogen and oxygen atoms in total. The van der Waals surface area contributed by atoms with Gasteiger partial charge in [-0.25, -0.2) is 8.42 Å². The Bertz CT molecular complexity index is 850. The number of primary amides is 1. The Morgan fingerprint density at radius 1 is 1.10 bits per heavy atom. The first-order chi connectivity index (χ1) is 14.3. The van der Waals surface area contributed by atoms with Crippen molar-refractivity contribution in [3.63, 3.8) is 0 Å². The molecular formula is C21H31N3O5S. The van der Waals surface area contributed by atoms with Gasteiger partial charge in [-0.1, -0.05) is 12.8 Å². The van der Waals surface area contributed by atoms with Gasteiger partial charge in [0.05, 0.1) is 25.2 Å². The van der Waals surface area contributed by atoms with E-state index >= 15 is 0 Å². The monoisotopic (exact) mass is 437 g/mol. The lowest BCUT2D eigenvalue weighted by molar-refractivity contribution is -0.134. The summed E-state index contributed by atoms with van der Waals surface area (Å²) in [6.07, 6.45) is 4.54. The van der Waals surface area contributed by atoms with E-state index in [4.69, 9.17) is 10.5 Å². The predicted octanol–water partition coefficient (Wildman–Crippen LogP) is 1.34. The fraction of sp³-hybridized carbons (Fsp3) is 0.619. The van der Waals surface area contributed by atoms with Gasteiger partial charge in [-0.15, -0.1) is 0 Å². The quantitative estimate of drug-likeness (QED) is 0.624. The van der Waals surface area contributed by atoms with Crippen LogP contribution in [0, 0.1) is 0 Å². The van der Waals surface area contributed by atoms with Crippen LogP contribution in [0.1, 0.15) is 38.5 Å². The van der Waals surface area contributed by atoms with E-state index in [-0.39, 0.29) is 42.5 Å². The van der Waals surface area contributed by atoms with Gasteiger partial charge in [-0.2, -0.15) is 0 Å². The van der Waals surface area contributed by atoms with Gasteiger partial charge in [0.15, 0.2) is 9.84 Å². The topological polar surface area (TPSA) is 110 Å². The van der Waals surface area contributed by atoms with E-state index in [1.807, 2.05) is 21.9 Å². The number of sulfone groups is 1. The van der Waals surface area contributed by atoms with Gasteiger partial charge in [-0.05, 0) is 43.5 Å². The van der Waals surface area contributed by atoms with E-state index in [0.29, 0.717) is 18.7 Å². The summed E-state index contributed by atoms with van der Waals surface area (Å²) in [6.45, 7) is 0.390. The molecule has 1 aromatic carbocycles. The van der Waals surface area contributed by atoms with Gasteiger partial charge in [0.2, 0.25) is 11.8 Å². The summed E-state index contributed by atoms with van der Waals surface area (Å²) in [5.41, 5.74) is 6.12. The smallest absolute Gasteiger partial charge is 0.242 e. The van der Waals surface area contributed by atoms with Gasteiger partial charge in [-0.3, -0.25) is 9.59 Å². The predicted molar refractivity (Wildman–Crippen MR) is 115 cm³/mol. The molecule has 3 rings (SSSR count). The van der Waals surface area contributed by atoms with Crippen LogP contribution >= 0.6 is 0 Å².